The lowest BCUT2D eigenvalue weighted by atomic mass is 9.99. The van der Waals surface area contributed by atoms with Crippen LogP contribution in [-0.4, -0.2) is 37.1 Å². The van der Waals surface area contributed by atoms with Gasteiger partial charge < -0.3 is 0 Å². The van der Waals surface area contributed by atoms with Gasteiger partial charge in [-0.05, 0) is 36.3 Å². The van der Waals surface area contributed by atoms with E-state index in [2.05, 4.69) is 18.7 Å². The van der Waals surface area contributed by atoms with Gasteiger partial charge in [0.2, 0.25) is 0 Å². The van der Waals surface area contributed by atoms with Crippen molar-refractivity contribution in [2.45, 2.75) is 22.8 Å². The van der Waals surface area contributed by atoms with Crippen LogP contribution >= 0.6 is 36.2 Å². The number of rotatable bonds is 11. The number of thioether (sulfide) groups is 2. The zero-order valence-corrected chi connectivity index (χ0v) is 21.4. The summed E-state index contributed by atoms with van der Waals surface area (Å²) < 4.78 is 26.8. The van der Waals surface area contributed by atoms with Crippen LogP contribution in [0.1, 0.15) is 18.4 Å². The van der Waals surface area contributed by atoms with Crippen LogP contribution in [0.3, 0.4) is 0 Å². The van der Waals surface area contributed by atoms with Gasteiger partial charge in [0.15, 0.2) is 0 Å². The Hall–Kier alpha value is -1.96. The Bertz CT molecular complexity index is 1230. The molecule has 0 atom stereocenters. The van der Waals surface area contributed by atoms with Gasteiger partial charge in [0.1, 0.15) is 11.1 Å². The minimum atomic E-state index is -3.38. The Morgan fingerprint density at radius 2 is 1.79 bits per heavy atom. The van der Waals surface area contributed by atoms with Gasteiger partial charge in [-0.25, -0.2) is 4.98 Å². The Kier molecular flexibility index (Phi) is 9.71. The van der Waals surface area contributed by atoms with Gasteiger partial charge in [0.05, 0.1) is 24.1 Å². The molecule has 2 aromatic carbocycles. The molecule has 3 aromatic rings. The lowest BCUT2D eigenvalue weighted by molar-refractivity contribution is 0.315. The maximum absolute atomic E-state index is 11.0. The van der Waals surface area contributed by atoms with Crippen LogP contribution in [0.2, 0.25) is 0 Å². The molecule has 0 aliphatic heterocycles. The van der Waals surface area contributed by atoms with Gasteiger partial charge >= 0.3 is 0 Å². The maximum Gasteiger partial charge on any atom is 0.264 e. The van der Waals surface area contributed by atoms with E-state index in [0.717, 1.165) is 50.8 Å². The van der Waals surface area contributed by atoms with Crippen molar-refractivity contribution in [3.05, 3.63) is 66.2 Å². The summed E-state index contributed by atoms with van der Waals surface area (Å²) in [4.78, 5) is 5.66. The molecule has 0 spiro atoms. The van der Waals surface area contributed by atoms with E-state index >= 15 is 0 Å². The molecule has 0 aliphatic carbocycles. The van der Waals surface area contributed by atoms with E-state index in [1.54, 1.807) is 23.5 Å². The van der Waals surface area contributed by atoms with Crippen LogP contribution < -0.4 is 0 Å². The first-order chi connectivity index (χ1) is 15.9. The van der Waals surface area contributed by atoms with E-state index < -0.39 is 10.1 Å². The molecule has 1 heterocycles. The normalized spacial score (nSPS) is 11.3. The molecular weight excluding hydrogens is 493 g/mol. The SMILES string of the molecule is CS(=O)(=O)OCCCCSCSc1nc(-c2ccccc2S)cc(-c2ccccc2)c1C#N. The Labute approximate surface area is 209 Å². The monoisotopic (exact) mass is 516 g/mol. The number of pyridine rings is 1. The minimum absolute atomic E-state index is 0.207. The molecule has 0 bridgehead atoms. The average molecular weight is 517 g/mol. The third-order valence-electron chi connectivity index (χ3n) is 4.62. The highest BCUT2D eigenvalue weighted by Crippen LogP contribution is 2.36. The number of hydrogen-bond donors (Lipinski definition) is 1. The molecule has 1 aromatic heterocycles. The zero-order valence-electron chi connectivity index (χ0n) is 18.1. The van der Waals surface area contributed by atoms with Crippen molar-refractivity contribution in [2.24, 2.45) is 0 Å². The summed E-state index contributed by atoms with van der Waals surface area (Å²) in [6.45, 7) is 0.207. The molecule has 0 N–H and O–H groups in total. The number of thiol groups is 1. The highest BCUT2D eigenvalue weighted by Gasteiger charge is 2.16. The van der Waals surface area contributed by atoms with Gasteiger partial charge in [-0.3, -0.25) is 4.18 Å². The van der Waals surface area contributed by atoms with Gasteiger partial charge in [-0.1, -0.05) is 60.3 Å². The topological polar surface area (TPSA) is 80.1 Å². The molecular formula is C24H24N2O3S4. The summed E-state index contributed by atoms with van der Waals surface area (Å²) in [6, 6.07) is 22.0. The lowest BCUT2D eigenvalue weighted by Crippen LogP contribution is -2.04. The number of nitrogens with zero attached hydrogens (tertiary/aromatic N) is 2. The molecule has 172 valence electrons. The van der Waals surface area contributed by atoms with Crippen LogP contribution in [0, 0.1) is 11.3 Å². The average Bonchev–Trinajstić information content (AvgIpc) is 2.80. The molecule has 0 aliphatic rings. The van der Waals surface area contributed by atoms with Crippen LogP contribution in [0.5, 0.6) is 0 Å². The van der Waals surface area contributed by atoms with Gasteiger partial charge in [-0.15, -0.1) is 12.6 Å². The van der Waals surface area contributed by atoms with E-state index in [0.29, 0.717) is 17.0 Å². The summed E-state index contributed by atoms with van der Waals surface area (Å²) in [5.74, 6) is 0.868. The molecule has 0 saturated heterocycles. The van der Waals surface area contributed by atoms with Crippen molar-refractivity contribution in [1.29, 1.82) is 5.26 Å². The van der Waals surface area contributed by atoms with E-state index in [4.69, 9.17) is 9.17 Å². The summed E-state index contributed by atoms with van der Waals surface area (Å²) in [5, 5.41) is 11.4. The molecule has 0 radical (unpaired) electrons. The fourth-order valence-electron chi connectivity index (χ4n) is 3.08. The number of benzene rings is 2. The molecule has 0 fully saturated rings. The zero-order chi connectivity index (χ0) is 23.7. The van der Waals surface area contributed by atoms with Crippen molar-refractivity contribution in [3.8, 4) is 28.5 Å². The van der Waals surface area contributed by atoms with Crippen molar-refractivity contribution < 1.29 is 12.6 Å². The van der Waals surface area contributed by atoms with Crippen LogP contribution in [0.4, 0.5) is 0 Å². The van der Waals surface area contributed by atoms with Crippen molar-refractivity contribution in [1.82, 2.24) is 4.98 Å². The van der Waals surface area contributed by atoms with Gasteiger partial charge in [0, 0.05) is 21.1 Å². The third-order valence-corrected chi connectivity index (χ3v) is 7.89. The standard InChI is InChI=1S/C24H24N2O3S4/c1-33(27,28)29-13-7-8-14-31-17-32-24-21(16-25)20(18-9-3-2-4-10-18)15-22(26-24)19-11-5-6-12-23(19)30/h2-6,9-12,15,30H,7-8,13-14,17H2,1H3. The molecule has 0 unspecified atom stereocenters. The van der Waals surface area contributed by atoms with Crippen LogP contribution in [0.25, 0.3) is 22.4 Å². The predicted molar refractivity (Wildman–Crippen MR) is 140 cm³/mol. The van der Waals surface area contributed by atoms with Gasteiger partial charge in [-0.2, -0.15) is 25.4 Å². The fourth-order valence-corrected chi connectivity index (χ4v) is 5.90. The van der Waals surface area contributed by atoms with E-state index in [1.165, 1.54) is 0 Å². The van der Waals surface area contributed by atoms with Crippen molar-refractivity contribution >= 4 is 46.3 Å². The summed E-state index contributed by atoms with van der Waals surface area (Å²) in [7, 11) is -3.38. The first kappa shape index (κ1) is 25.7. The number of hydrogen-bond acceptors (Lipinski definition) is 8. The Morgan fingerprint density at radius 1 is 1.06 bits per heavy atom. The highest BCUT2D eigenvalue weighted by atomic mass is 32.2. The lowest BCUT2D eigenvalue weighted by Gasteiger charge is -2.13. The molecule has 0 saturated carbocycles. The predicted octanol–water partition coefficient (Wildman–Crippen LogP) is 6.12. The fraction of sp³-hybridized carbons (Fsp3) is 0.250. The summed E-state index contributed by atoms with van der Waals surface area (Å²) in [6.07, 6.45) is 2.59. The first-order valence-corrected chi connectivity index (χ1v) is 14.6. The second-order valence-electron chi connectivity index (χ2n) is 7.13. The van der Waals surface area contributed by atoms with Crippen LogP contribution in [-0.2, 0) is 14.3 Å². The van der Waals surface area contributed by atoms with Crippen molar-refractivity contribution in [2.75, 3.05) is 23.7 Å². The molecule has 0 amide bonds. The number of unbranched alkanes of at least 4 members (excludes halogenated alkanes) is 1. The maximum atomic E-state index is 11.0. The van der Waals surface area contributed by atoms with E-state index in [-0.39, 0.29) is 6.61 Å². The summed E-state index contributed by atoms with van der Waals surface area (Å²) in [5.41, 5.74) is 4.08. The van der Waals surface area contributed by atoms with E-state index in [1.807, 2.05) is 60.7 Å². The van der Waals surface area contributed by atoms with Gasteiger partial charge in [0.25, 0.3) is 10.1 Å². The Balaban J connectivity index is 1.77. The Morgan fingerprint density at radius 3 is 2.48 bits per heavy atom. The molecule has 9 heteroatoms. The number of nitriles is 1. The largest absolute Gasteiger partial charge is 0.270 e. The number of aromatic nitrogens is 1. The van der Waals surface area contributed by atoms with E-state index in [9.17, 15) is 13.7 Å². The smallest absolute Gasteiger partial charge is 0.264 e. The molecule has 5 nitrogen and oxygen atoms in total. The minimum Gasteiger partial charge on any atom is -0.270 e. The molecule has 33 heavy (non-hydrogen) atoms. The molecule has 3 rings (SSSR count). The highest BCUT2D eigenvalue weighted by molar-refractivity contribution is 8.16. The third kappa shape index (κ3) is 7.80. The van der Waals surface area contributed by atoms with Crippen LogP contribution in [0.15, 0.2) is 70.6 Å². The second-order valence-corrected chi connectivity index (χ2v) is 11.7. The second kappa shape index (κ2) is 12.5. The summed E-state index contributed by atoms with van der Waals surface area (Å²) >= 11 is 7.86. The van der Waals surface area contributed by atoms with Crippen molar-refractivity contribution in [3.63, 3.8) is 0 Å². The quantitative estimate of drug-likeness (QED) is 0.108. The first-order valence-electron chi connectivity index (χ1n) is 10.2.